The third-order valence-electron chi connectivity index (χ3n) is 3.51. The fraction of sp³-hybridized carbons (Fsp3) is 0.200. The number of nitro groups is 1. The third kappa shape index (κ3) is 2.78. The van der Waals surface area contributed by atoms with Crippen molar-refractivity contribution in [2.24, 2.45) is 0 Å². The van der Waals surface area contributed by atoms with E-state index in [1.165, 1.54) is 17.0 Å². The van der Waals surface area contributed by atoms with E-state index >= 15 is 0 Å². The predicted molar refractivity (Wildman–Crippen MR) is 83.0 cm³/mol. The Hall–Kier alpha value is -3.16. The van der Waals surface area contributed by atoms with Gasteiger partial charge >= 0.3 is 5.82 Å². The molecule has 1 aromatic carbocycles. The number of carbonyl (C=O) groups is 1. The smallest absolute Gasteiger partial charge is 0.366 e. The Bertz CT molecular complexity index is 776. The normalized spacial score (nSPS) is 16.7. The van der Waals surface area contributed by atoms with Crippen molar-refractivity contribution in [2.75, 3.05) is 10.6 Å². The summed E-state index contributed by atoms with van der Waals surface area (Å²) in [6.45, 7) is 1.86. The first kappa shape index (κ1) is 14.8. The van der Waals surface area contributed by atoms with E-state index in [1.807, 2.05) is 0 Å². The van der Waals surface area contributed by atoms with E-state index < -0.39 is 11.0 Å². The summed E-state index contributed by atoms with van der Waals surface area (Å²) in [7, 11) is 0. The highest BCUT2D eigenvalue weighted by Gasteiger charge is 2.36. The molecule has 2 N–H and O–H groups in total. The lowest BCUT2D eigenvalue weighted by Gasteiger charge is -2.29. The highest BCUT2D eigenvalue weighted by atomic mass is 16.6. The quantitative estimate of drug-likeness (QED) is 0.526. The van der Waals surface area contributed by atoms with Gasteiger partial charge < -0.3 is 20.6 Å². The molecule has 1 unspecified atom stereocenters. The van der Waals surface area contributed by atoms with Crippen LogP contribution < -0.4 is 15.4 Å². The SMILES string of the molecule is CC1Oc2ccc([N+](=O)[O-])nc2N(Cc2ccc(N)cc2)C1=O. The van der Waals surface area contributed by atoms with Crippen LogP contribution in [0.3, 0.4) is 0 Å². The van der Waals surface area contributed by atoms with Crippen molar-refractivity contribution < 1.29 is 14.5 Å². The lowest BCUT2D eigenvalue weighted by molar-refractivity contribution is -0.389. The second-order valence-corrected chi connectivity index (χ2v) is 5.17. The van der Waals surface area contributed by atoms with Crippen molar-refractivity contribution in [1.82, 2.24) is 4.98 Å². The van der Waals surface area contributed by atoms with E-state index in [4.69, 9.17) is 10.5 Å². The first-order chi connectivity index (χ1) is 11.0. The predicted octanol–water partition coefficient (Wildman–Crippen LogP) is 1.89. The zero-order valence-corrected chi connectivity index (χ0v) is 12.3. The fourth-order valence-corrected chi connectivity index (χ4v) is 2.34. The Morgan fingerprint density at radius 3 is 2.65 bits per heavy atom. The lowest BCUT2D eigenvalue weighted by atomic mass is 10.1. The molecule has 8 heteroatoms. The van der Waals surface area contributed by atoms with Crippen LogP contribution in [0.5, 0.6) is 5.75 Å². The van der Waals surface area contributed by atoms with E-state index in [0.717, 1.165) is 5.56 Å². The van der Waals surface area contributed by atoms with Crippen LogP contribution in [-0.2, 0) is 11.3 Å². The number of pyridine rings is 1. The highest BCUT2D eigenvalue weighted by Crippen LogP contribution is 2.34. The standard InChI is InChI=1S/C15H14N4O4/c1-9-15(20)18(8-10-2-4-11(16)5-3-10)14-12(23-9)6-7-13(17-14)19(21)22/h2-7,9H,8,16H2,1H3. The molecule has 1 aliphatic rings. The number of nitrogens with two attached hydrogens (primary N) is 1. The minimum Gasteiger partial charge on any atom is -0.475 e. The van der Waals surface area contributed by atoms with Crippen molar-refractivity contribution in [1.29, 1.82) is 0 Å². The van der Waals surface area contributed by atoms with E-state index in [0.29, 0.717) is 11.4 Å². The number of fused-ring (bicyclic) bond motifs is 1. The minimum atomic E-state index is -0.681. The second-order valence-electron chi connectivity index (χ2n) is 5.17. The van der Waals surface area contributed by atoms with Gasteiger partial charge in [-0.3, -0.25) is 9.69 Å². The maximum atomic E-state index is 12.4. The number of nitrogen functional groups attached to an aromatic ring is 1. The van der Waals surface area contributed by atoms with Crippen LogP contribution in [0.4, 0.5) is 17.3 Å². The average Bonchev–Trinajstić information content (AvgIpc) is 2.53. The molecule has 0 spiro atoms. The van der Waals surface area contributed by atoms with Gasteiger partial charge in [-0.2, -0.15) is 0 Å². The van der Waals surface area contributed by atoms with Crippen LogP contribution >= 0.6 is 0 Å². The molecule has 2 heterocycles. The first-order valence-electron chi connectivity index (χ1n) is 6.93. The van der Waals surface area contributed by atoms with Crippen LogP contribution in [0.25, 0.3) is 0 Å². The number of aromatic nitrogens is 1. The number of hydrogen-bond acceptors (Lipinski definition) is 6. The zero-order valence-electron chi connectivity index (χ0n) is 12.3. The maximum absolute atomic E-state index is 12.4. The van der Waals surface area contributed by atoms with Gasteiger partial charge in [0.15, 0.2) is 11.9 Å². The number of hydrogen-bond donors (Lipinski definition) is 1. The largest absolute Gasteiger partial charge is 0.475 e. The van der Waals surface area contributed by atoms with E-state index in [9.17, 15) is 14.9 Å². The zero-order chi connectivity index (χ0) is 16.6. The molecule has 2 aromatic rings. The molecule has 1 aliphatic heterocycles. The van der Waals surface area contributed by atoms with Crippen LogP contribution in [0.2, 0.25) is 0 Å². The highest BCUT2D eigenvalue weighted by molar-refractivity contribution is 5.98. The summed E-state index contributed by atoms with van der Waals surface area (Å²) in [6.07, 6.45) is -0.681. The molecule has 0 saturated carbocycles. The van der Waals surface area contributed by atoms with Gasteiger partial charge in [-0.15, -0.1) is 0 Å². The Balaban J connectivity index is 2.01. The van der Waals surface area contributed by atoms with Gasteiger partial charge in [0.2, 0.25) is 0 Å². The molecule has 1 aromatic heterocycles. The fourth-order valence-electron chi connectivity index (χ4n) is 2.34. The molecule has 0 saturated heterocycles. The van der Waals surface area contributed by atoms with Crippen LogP contribution in [0.1, 0.15) is 12.5 Å². The number of amides is 1. The lowest BCUT2D eigenvalue weighted by Crippen LogP contribution is -2.44. The van der Waals surface area contributed by atoms with E-state index in [1.54, 1.807) is 31.2 Å². The molecule has 3 rings (SSSR count). The summed E-state index contributed by atoms with van der Waals surface area (Å²) in [5.41, 5.74) is 7.10. The Morgan fingerprint density at radius 1 is 1.30 bits per heavy atom. The molecule has 0 bridgehead atoms. The monoisotopic (exact) mass is 314 g/mol. The topological polar surface area (TPSA) is 112 Å². The summed E-state index contributed by atoms with van der Waals surface area (Å²) < 4.78 is 5.47. The molecule has 1 atom stereocenters. The number of carbonyl (C=O) groups excluding carboxylic acids is 1. The van der Waals surface area contributed by atoms with Gasteiger partial charge in [0.05, 0.1) is 6.54 Å². The van der Waals surface area contributed by atoms with Crippen molar-refractivity contribution in [3.8, 4) is 5.75 Å². The van der Waals surface area contributed by atoms with Crippen molar-refractivity contribution in [3.05, 3.63) is 52.1 Å². The maximum Gasteiger partial charge on any atom is 0.366 e. The van der Waals surface area contributed by atoms with Crippen molar-refractivity contribution in [2.45, 2.75) is 19.6 Å². The van der Waals surface area contributed by atoms with Gasteiger partial charge in [-0.1, -0.05) is 12.1 Å². The summed E-state index contributed by atoms with van der Waals surface area (Å²) in [4.78, 5) is 28.1. The van der Waals surface area contributed by atoms with Gasteiger partial charge in [0, 0.05) is 11.8 Å². The Kier molecular flexibility index (Phi) is 3.57. The number of benzene rings is 1. The molecule has 23 heavy (non-hydrogen) atoms. The van der Waals surface area contributed by atoms with Gasteiger partial charge in [-0.05, 0) is 40.6 Å². The molecule has 1 amide bonds. The number of rotatable bonds is 3. The summed E-state index contributed by atoms with van der Waals surface area (Å²) in [6, 6.07) is 9.75. The number of ether oxygens (including phenoxy) is 1. The van der Waals surface area contributed by atoms with Crippen LogP contribution in [0.15, 0.2) is 36.4 Å². The number of nitrogens with zero attached hydrogens (tertiary/aromatic N) is 3. The molecule has 0 fully saturated rings. The first-order valence-corrected chi connectivity index (χ1v) is 6.93. The molecular formula is C15H14N4O4. The molecule has 0 aliphatic carbocycles. The molecule has 0 radical (unpaired) electrons. The van der Waals surface area contributed by atoms with E-state index in [2.05, 4.69) is 4.98 Å². The van der Waals surface area contributed by atoms with Gasteiger partial charge in [0.25, 0.3) is 11.7 Å². The molecular weight excluding hydrogens is 300 g/mol. The molecule has 118 valence electrons. The van der Waals surface area contributed by atoms with Crippen LogP contribution in [-0.4, -0.2) is 21.9 Å². The third-order valence-corrected chi connectivity index (χ3v) is 3.51. The minimum absolute atomic E-state index is 0.152. The van der Waals surface area contributed by atoms with Crippen LogP contribution in [0, 0.1) is 10.1 Å². The van der Waals surface area contributed by atoms with E-state index in [-0.39, 0.29) is 24.1 Å². The summed E-state index contributed by atoms with van der Waals surface area (Å²) in [5, 5.41) is 10.9. The average molecular weight is 314 g/mol. The Labute approximate surface area is 131 Å². The second kappa shape index (κ2) is 5.56. The molecule has 8 nitrogen and oxygen atoms in total. The van der Waals surface area contributed by atoms with Crippen molar-refractivity contribution >= 4 is 23.2 Å². The van der Waals surface area contributed by atoms with Crippen molar-refractivity contribution in [3.63, 3.8) is 0 Å². The summed E-state index contributed by atoms with van der Waals surface area (Å²) in [5.74, 6) is -0.142. The number of anilines is 2. The Morgan fingerprint density at radius 2 is 2.00 bits per heavy atom. The van der Waals surface area contributed by atoms with Gasteiger partial charge in [-0.25, -0.2) is 0 Å². The van der Waals surface area contributed by atoms with Gasteiger partial charge in [0.1, 0.15) is 0 Å². The summed E-state index contributed by atoms with van der Waals surface area (Å²) >= 11 is 0.